The maximum atomic E-state index is 12.1. The monoisotopic (exact) mass is 301 g/mol. The molecule has 1 atom stereocenters. The average molecular weight is 301 g/mol. The van der Waals surface area contributed by atoms with Gasteiger partial charge >= 0.3 is 0 Å². The van der Waals surface area contributed by atoms with Crippen molar-refractivity contribution in [3.05, 3.63) is 53.4 Å². The highest BCUT2D eigenvalue weighted by Gasteiger charge is 2.17. The molecule has 0 spiro atoms. The molecule has 1 amide bonds. The molecule has 5 heteroatoms. The number of hydrogen-bond acceptors (Lipinski definition) is 4. The van der Waals surface area contributed by atoms with Gasteiger partial charge in [-0.05, 0) is 18.4 Å². The average Bonchev–Trinajstić information content (AvgIpc) is 3.02. The Balaban J connectivity index is 1.91. The van der Waals surface area contributed by atoms with Crippen LogP contribution in [-0.4, -0.2) is 11.1 Å². The molecule has 0 saturated heterocycles. The molecule has 1 aromatic heterocycles. The van der Waals surface area contributed by atoms with Crippen molar-refractivity contribution in [1.29, 1.82) is 0 Å². The molecule has 0 aliphatic rings. The third-order valence-corrected chi connectivity index (χ3v) is 3.86. The van der Waals surface area contributed by atoms with Crippen LogP contribution in [0.2, 0.25) is 0 Å². The van der Waals surface area contributed by atoms with Crippen LogP contribution in [0.3, 0.4) is 0 Å². The summed E-state index contributed by atoms with van der Waals surface area (Å²) in [5.74, 6) is 0.821. The summed E-state index contributed by atoms with van der Waals surface area (Å²) >= 11 is 0. The number of benzene rings is 1. The summed E-state index contributed by atoms with van der Waals surface area (Å²) in [7, 11) is 0. The van der Waals surface area contributed by atoms with E-state index in [1.54, 1.807) is 0 Å². The summed E-state index contributed by atoms with van der Waals surface area (Å²) in [6.07, 6.45) is 2.04. The van der Waals surface area contributed by atoms with Crippen LogP contribution >= 0.6 is 0 Å². The number of nitrogens with two attached hydrogens (primary N) is 1. The van der Waals surface area contributed by atoms with Gasteiger partial charge in [-0.2, -0.15) is 0 Å². The number of nitrogens with zero attached hydrogens (tertiary/aromatic N) is 1. The predicted octanol–water partition coefficient (Wildman–Crippen LogP) is 2.89. The van der Waals surface area contributed by atoms with Crippen molar-refractivity contribution >= 4 is 5.91 Å². The third-order valence-electron chi connectivity index (χ3n) is 3.86. The van der Waals surface area contributed by atoms with Gasteiger partial charge in [-0.3, -0.25) is 4.79 Å². The second kappa shape index (κ2) is 7.75. The second-order valence-electron chi connectivity index (χ2n) is 5.34. The zero-order chi connectivity index (χ0) is 15.9. The van der Waals surface area contributed by atoms with Crippen molar-refractivity contribution in [1.82, 2.24) is 10.5 Å². The van der Waals surface area contributed by atoms with Gasteiger partial charge < -0.3 is 15.6 Å². The van der Waals surface area contributed by atoms with Gasteiger partial charge in [0.1, 0.15) is 6.04 Å². The summed E-state index contributed by atoms with van der Waals surface area (Å²) in [6.45, 7) is 4.55. The van der Waals surface area contributed by atoms with E-state index in [-0.39, 0.29) is 5.91 Å². The number of nitrogens with one attached hydrogen (secondary N) is 1. The fourth-order valence-electron chi connectivity index (χ4n) is 2.41. The fourth-order valence-corrected chi connectivity index (χ4v) is 2.41. The molecule has 1 heterocycles. The first kappa shape index (κ1) is 16.2. The second-order valence-corrected chi connectivity index (χ2v) is 5.34. The van der Waals surface area contributed by atoms with Crippen LogP contribution in [0.5, 0.6) is 0 Å². The molecule has 3 N–H and O–H groups in total. The number of carbonyl (C=O) groups is 1. The molecular formula is C17H23N3O2. The predicted molar refractivity (Wildman–Crippen MR) is 85.0 cm³/mol. The van der Waals surface area contributed by atoms with Crippen LogP contribution in [0.4, 0.5) is 0 Å². The Bertz CT molecular complexity index is 591. The highest BCUT2D eigenvalue weighted by atomic mass is 16.5. The Hall–Kier alpha value is -2.14. The normalized spacial score (nSPS) is 12.4. The van der Waals surface area contributed by atoms with Crippen molar-refractivity contribution in [2.45, 2.75) is 45.2 Å². The Kier molecular flexibility index (Phi) is 5.72. The first-order valence-corrected chi connectivity index (χ1v) is 7.69. The minimum absolute atomic E-state index is 0.230. The van der Waals surface area contributed by atoms with Gasteiger partial charge in [0.05, 0.1) is 12.2 Å². The van der Waals surface area contributed by atoms with Crippen molar-refractivity contribution in [3.8, 4) is 0 Å². The fraction of sp³-hybridized carbons (Fsp3) is 0.412. The standard InChI is InChI=1S/C17H23N3O2/c1-3-12(4-2)15-10-14(22-20-15)11-19-17(21)16(18)13-8-6-5-7-9-13/h5-10,12,16H,3-4,11,18H2,1-2H3,(H,19,21). The first-order chi connectivity index (χ1) is 10.7. The van der Waals surface area contributed by atoms with Gasteiger partial charge in [-0.15, -0.1) is 0 Å². The van der Waals surface area contributed by atoms with Crippen LogP contribution in [0.25, 0.3) is 0 Å². The van der Waals surface area contributed by atoms with E-state index in [2.05, 4.69) is 24.3 Å². The molecule has 0 aliphatic carbocycles. The van der Waals surface area contributed by atoms with Crippen LogP contribution in [0, 0.1) is 0 Å². The third kappa shape index (κ3) is 3.95. The van der Waals surface area contributed by atoms with Crippen molar-refractivity contribution in [2.75, 3.05) is 0 Å². The summed E-state index contributed by atoms with van der Waals surface area (Å²) in [4.78, 5) is 12.1. The molecule has 118 valence electrons. The first-order valence-electron chi connectivity index (χ1n) is 7.69. The van der Waals surface area contributed by atoms with E-state index in [9.17, 15) is 4.79 Å². The number of amides is 1. The summed E-state index contributed by atoms with van der Waals surface area (Å²) in [5.41, 5.74) is 7.67. The van der Waals surface area contributed by atoms with Crippen LogP contribution in [0.1, 0.15) is 55.7 Å². The number of rotatable bonds is 7. The quantitative estimate of drug-likeness (QED) is 0.824. The van der Waals surface area contributed by atoms with Gasteiger partial charge in [0, 0.05) is 12.0 Å². The molecule has 0 saturated carbocycles. The van der Waals surface area contributed by atoms with Gasteiger partial charge in [-0.25, -0.2) is 0 Å². The summed E-state index contributed by atoms with van der Waals surface area (Å²) in [6, 6.07) is 10.5. The van der Waals surface area contributed by atoms with Gasteiger partial charge in [0.25, 0.3) is 0 Å². The molecule has 2 aromatic rings. The van der Waals surface area contributed by atoms with Gasteiger partial charge in [-0.1, -0.05) is 49.3 Å². The summed E-state index contributed by atoms with van der Waals surface area (Å²) < 4.78 is 5.28. The van der Waals surface area contributed by atoms with E-state index < -0.39 is 6.04 Å². The molecular weight excluding hydrogens is 278 g/mol. The van der Waals surface area contributed by atoms with E-state index in [1.807, 2.05) is 36.4 Å². The maximum absolute atomic E-state index is 12.1. The minimum atomic E-state index is -0.678. The molecule has 2 rings (SSSR count). The Labute approximate surface area is 130 Å². The molecule has 0 bridgehead atoms. The van der Waals surface area contributed by atoms with E-state index in [1.165, 1.54) is 0 Å². The minimum Gasteiger partial charge on any atom is -0.359 e. The van der Waals surface area contributed by atoms with Gasteiger partial charge in [0.2, 0.25) is 5.91 Å². The number of carbonyl (C=O) groups excluding carboxylic acids is 1. The lowest BCUT2D eigenvalue weighted by Gasteiger charge is -2.11. The molecule has 0 fully saturated rings. The smallest absolute Gasteiger partial charge is 0.241 e. The SMILES string of the molecule is CCC(CC)c1cc(CNC(=O)C(N)c2ccccc2)on1. The lowest BCUT2D eigenvalue weighted by Crippen LogP contribution is -2.33. The van der Waals surface area contributed by atoms with Crippen molar-refractivity contribution in [3.63, 3.8) is 0 Å². The highest BCUT2D eigenvalue weighted by Crippen LogP contribution is 2.22. The zero-order valence-corrected chi connectivity index (χ0v) is 13.1. The van der Waals surface area contributed by atoms with Crippen LogP contribution in [0.15, 0.2) is 40.9 Å². The highest BCUT2D eigenvalue weighted by molar-refractivity contribution is 5.82. The molecule has 22 heavy (non-hydrogen) atoms. The molecule has 0 radical (unpaired) electrons. The number of hydrogen-bond donors (Lipinski definition) is 2. The topological polar surface area (TPSA) is 81.2 Å². The Morgan fingerprint density at radius 3 is 2.59 bits per heavy atom. The van der Waals surface area contributed by atoms with Crippen molar-refractivity contribution in [2.24, 2.45) is 5.73 Å². The number of aromatic nitrogens is 1. The largest absolute Gasteiger partial charge is 0.359 e. The van der Waals surface area contributed by atoms with E-state index in [0.29, 0.717) is 18.2 Å². The van der Waals surface area contributed by atoms with E-state index in [0.717, 1.165) is 24.1 Å². The van der Waals surface area contributed by atoms with Gasteiger partial charge in [0.15, 0.2) is 5.76 Å². The van der Waals surface area contributed by atoms with E-state index >= 15 is 0 Å². The molecule has 1 aromatic carbocycles. The van der Waals surface area contributed by atoms with Crippen molar-refractivity contribution < 1.29 is 9.32 Å². The maximum Gasteiger partial charge on any atom is 0.241 e. The molecule has 0 aliphatic heterocycles. The van der Waals surface area contributed by atoms with E-state index in [4.69, 9.17) is 10.3 Å². The Morgan fingerprint density at radius 1 is 1.27 bits per heavy atom. The summed E-state index contributed by atoms with van der Waals surface area (Å²) in [5, 5.41) is 6.87. The lowest BCUT2D eigenvalue weighted by atomic mass is 9.99. The lowest BCUT2D eigenvalue weighted by molar-refractivity contribution is -0.122. The molecule has 5 nitrogen and oxygen atoms in total. The molecule has 1 unspecified atom stereocenters. The Morgan fingerprint density at radius 2 is 1.95 bits per heavy atom. The zero-order valence-electron chi connectivity index (χ0n) is 13.1. The van der Waals surface area contributed by atoms with Crippen LogP contribution < -0.4 is 11.1 Å². The van der Waals surface area contributed by atoms with Crippen LogP contribution in [-0.2, 0) is 11.3 Å².